The first-order valence-electron chi connectivity index (χ1n) is 5.84. The van der Waals surface area contributed by atoms with Gasteiger partial charge in [0.25, 0.3) is 0 Å². The molecular formula is C12H21N3O. The molecule has 0 saturated heterocycles. The summed E-state index contributed by atoms with van der Waals surface area (Å²) in [6.07, 6.45) is 6.57. The van der Waals surface area contributed by atoms with Gasteiger partial charge in [-0.1, -0.05) is 6.92 Å². The summed E-state index contributed by atoms with van der Waals surface area (Å²) in [6.45, 7) is 7.86. The normalized spacial score (nSPS) is 13.0. The fourth-order valence-electron chi connectivity index (χ4n) is 1.37. The first-order valence-corrected chi connectivity index (χ1v) is 5.84. The maximum Gasteiger partial charge on any atom is 0.115 e. The molecule has 0 spiro atoms. The van der Waals surface area contributed by atoms with Crippen LogP contribution in [-0.4, -0.2) is 29.2 Å². The zero-order chi connectivity index (χ0) is 11.8. The molecule has 0 aromatic carbocycles. The van der Waals surface area contributed by atoms with Crippen LogP contribution in [0.5, 0.6) is 0 Å². The third kappa shape index (κ3) is 4.68. The van der Waals surface area contributed by atoms with Crippen molar-refractivity contribution in [3.63, 3.8) is 0 Å². The Hall–Kier alpha value is -1.00. The van der Waals surface area contributed by atoms with Crippen LogP contribution in [0.25, 0.3) is 0 Å². The van der Waals surface area contributed by atoms with Gasteiger partial charge in [0.15, 0.2) is 0 Å². The van der Waals surface area contributed by atoms with E-state index in [2.05, 4.69) is 22.2 Å². The molecule has 0 amide bonds. The average Bonchev–Trinajstić information content (AvgIpc) is 2.30. The highest BCUT2D eigenvalue weighted by Gasteiger charge is 2.11. The van der Waals surface area contributed by atoms with Crippen LogP contribution in [0.4, 0.5) is 0 Å². The molecule has 1 heterocycles. The van der Waals surface area contributed by atoms with Crippen LogP contribution >= 0.6 is 0 Å². The first kappa shape index (κ1) is 13.1. The topological polar surface area (TPSA) is 47.0 Å². The summed E-state index contributed by atoms with van der Waals surface area (Å²) in [5.74, 6) is 0. The summed E-state index contributed by atoms with van der Waals surface area (Å²) in [7, 11) is 0. The van der Waals surface area contributed by atoms with Crippen molar-refractivity contribution in [3.05, 3.63) is 24.3 Å². The van der Waals surface area contributed by atoms with Crippen molar-refractivity contribution in [2.45, 2.75) is 39.3 Å². The second-order valence-electron chi connectivity index (χ2n) is 4.06. The second-order valence-corrected chi connectivity index (χ2v) is 4.06. The molecule has 0 aliphatic carbocycles. The van der Waals surface area contributed by atoms with Crippen LogP contribution in [0.3, 0.4) is 0 Å². The van der Waals surface area contributed by atoms with Crippen LogP contribution in [-0.2, 0) is 4.74 Å². The summed E-state index contributed by atoms with van der Waals surface area (Å²) >= 11 is 0. The molecule has 0 radical (unpaired) electrons. The van der Waals surface area contributed by atoms with E-state index in [9.17, 15) is 0 Å². The molecule has 1 aromatic rings. The predicted molar refractivity (Wildman–Crippen MR) is 64.2 cm³/mol. The van der Waals surface area contributed by atoms with Gasteiger partial charge in [-0.25, -0.2) is 9.97 Å². The molecule has 1 unspecified atom stereocenters. The summed E-state index contributed by atoms with van der Waals surface area (Å²) in [5.41, 5.74) is 1.08. The fraction of sp³-hybridized carbons (Fsp3) is 0.667. The average molecular weight is 223 g/mol. The fourth-order valence-corrected chi connectivity index (χ4v) is 1.37. The Kier molecular flexibility index (Phi) is 5.96. The van der Waals surface area contributed by atoms with E-state index in [0.717, 1.165) is 18.5 Å². The molecule has 4 nitrogen and oxygen atoms in total. The molecule has 0 saturated carbocycles. The Labute approximate surface area is 97.5 Å². The SMILES string of the molecule is CCCNC(COC(C)C)c1cncnc1. The Morgan fingerprint density at radius 3 is 2.56 bits per heavy atom. The molecule has 4 heteroatoms. The minimum atomic E-state index is 0.184. The van der Waals surface area contributed by atoms with Crippen LogP contribution in [0.15, 0.2) is 18.7 Å². The largest absolute Gasteiger partial charge is 0.377 e. The van der Waals surface area contributed by atoms with Crippen molar-refractivity contribution in [1.82, 2.24) is 15.3 Å². The lowest BCUT2D eigenvalue weighted by Crippen LogP contribution is -2.27. The number of ether oxygens (including phenoxy) is 1. The molecule has 1 aromatic heterocycles. The van der Waals surface area contributed by atoms with Gasteiger partial charge in [-0.3, -0.25) is 0 Å². The summed E-state index contributed by atoms with van der Waals surface area (Å²) in [4.78, 5) is 8.07. The predicted octanol–water partition coefficient (Wildman–Crippen LogP) is 1.94. The molecule has 1 atom stereocenters. The van der Waals surface area contributed by atoms with Gasteiger partial charge >= 0.3 is 0 Å². The maximum absolute atomic E-state index is 5.64. The van der Waals surface area contributed by atoms with E-state index in [1.54, 1.807) is 6.33 Å². The Morgan fingerprint density at radius 2 is 2.00 bits per heavy atom. The van der Waals surface area contributed by atoms with E-state index in [4.69, 9.17) is 4.74 Å². The van der Waals surface area contributed by atoms with Crippen molar-refractivity contribution < 1.29 is 4.74 Å². The van der Waals surface area contributed by atoms with Crippen LogP contribution in [0, 0.1) is 0 Å². The summed E-state index contributed by atoms with van der Waals surface area (Å²) in [6, 6.07) is 0.184. The first-order chi connectivity index (χ1) is 7.74. The Bertz CT molecular complexity index is 277. The number of nitrogens with zero attached hydrogens (tertiary/aromatic N) is 2. The number of hydrogen-bond donors (Lipinski definition) is 1. The molecular weight excluding hydrogens is 202 g/mol. The molecule has 1 rings (SSSR count). The van der Waals surface area contributed by atoms with E-state index in [-0.39, 0.29) is 12.1 Å². The zero-order valence-corrected chi connectivity index (χ0v) is 10.3. The lowest BCUT2D eigenvalue weighted by atomic mass is 10.1. The van der Waals surface area contributed by atoms with E-state index >= 15 is 0 Å². The molecule has 0 aliphatic heterocycles. The van der Waals surface area contributed by atoms with E-state index in [0.29, 0.717) is 6.61 Å². The quantitative estimate of drug-likeness (QED) is 0.767. The van der Waals surface area contributed by atoms with Crippen molar-refractivity contribution in [1.29, 1.82) is 0 Å². The maximum atomic E-state index is 5.64. The Balaban J connectivity index is 2.56. The van der Waals surface area contributed by atoms with Gasteiger partial charge in [0.05, 0.1) is 18.8 Å². The van der Waals surface area contributed by atoms with Crippen LogP contribution < -0.4 is 5.32 Å². The van der Waals surface area contributed by atoms with E-state index in [1.807, 2.05) is 26.2 Å². The van der Waals surface area contributed by atoms with Crippen LogP contribution in [0.1, 0.15) is 38.8 Å². The van der Waals surface area contributed by atoms with Gasteiger partial charge in [-0.15, -0.1) is 0 Å². The van der Waals surface area contributed by atoms with Crippen LogP contribution in [0.2, 0.25) is 0 Å². The highest BCUT2D eigenvalue weighted by atomic mass is 16.5. The van der Waals surface area contributed by atoms with Gasteiger partial charge in [-0.2, -0.15) is 0 Å². The monoisotopic (exact) mass is 223 g/mol. The van der Waals surface area contributed by atoms with Gasteiger partial charge in [0.1, 0.15) is 6.33 Å². The van der Waals surface area contributed by atoms with Gasteiger partial charge in [0, 0.05) is 18.0 Å². The smallest absolute Gasteiger partial charge is 0.115 e. The van der Waals surface area contributed by atoms with Gasteiger partial charge in [-0.05, 0) is 26.8 Å². The standard InChI is InChI=1S/C12H21N3O/c1-4-5-15-12(8-16-10(2)3)11-6-13-9-14-7-11/h6-7,9-10,12,15H,4-5,8H2,1-3H3. The minimum absolute atomic E-state index is 0.184. The number of hydrogen-bond acceptors (Lipinski definition) is 4. The number of aromatic nitrogens is 2. The minimum Gasteiger partial charge on any atom is -0.377 e. The molecule has 0 fully saturated rings. The highest BCUT2D eigenvalue weighted by Crippen LogP contribution is 2.11. The lowest BCUT2D eigenvalue weighted by molar-refractivity contribution is 0.0610. The Morgan fingerprint density at radius 1 is 1.31 bits per heavy atom. The third-order valence-corrected chi connectivity index (χ3v) is 2.22. The summed E-state index contributed by atoms with van der Waals surface area (Å²) in [5, 5.41) is 3.44. The lowest BCUT2D eigenvalue weighted by Gasteiger charge is -2.19. The molecule has 1 N–H and O–H groups in total. The highest BCUT2D eigenvalue weighted by molar-refractivity contribution is 5.09. The number of nitrogens with one attached hydrogen (secondary N) is 1. The molecule has 0 bridgehead atoms. The van der Waals surface area contributed by atoms with E-state index in [1.165, 1.54) is 0 Å². The van der Waals surface area contributed by atoms with Gasteiger partial charge in [0.2, 0.25) is 0 Å². The third-order valence-electron chi connectivity index (χ3n) is 2.22. The number of rotatable bonds is 7. The van der Waals surface area contributed by atoms with Crippen molar-refractivity contribution >= 4 is 0 Å². The summed E-state index contributed by atoms with van der Waals surface area (Å²) < 4.78 is 5.64. The van der Waals surface area contributed by atoms with E-state index < -0.39 is 0 Å². The van der Waals surface area contributed by atoms with Gasteiger partial charge < -0.3 is 10.1 Å². The zero-order valence-electron chi connectivity index (χ0n) is 10.3. The van der Waals surface area contributed by atoms with Crippen molar-refractivity contribution in [3.8, 4) is 0 Å². The van der Waals surface area contributed by atoms with Crippen molar-refractivity contribution in [2.75, 3.05) is 13.2 Å². The molecule has 16 heavy (non-hydrogen) atoms. The second kappa shape index (κ2) is 7.30. The molecule has 90 valence electrons. The molecule has 0 aliphatic rings. The van der Waals surface area contributed by atoms with Crippen molar-refractivity contribution in [2.24, 2.45) is 0 Å².